The second kappa shape index (κ2) is 8.28. The molecule has 0 bridgehead atoms. The Balaban J connectivity index is 1.39. The second-order valence-corrected chi connectivity index (χ2v) is 7.52. The maximum Gasteiger partial charge on any atom is 0.293 e. The fourth-order valence-corrected chi connectivity index (χ4v) is 3.70. The quantitative estimate of drug-likeness (QED) is 0.529. The lowest BCUT2D eigenvalue weighted by Gasteiger charge is -2.16. The van der Waals surface area contributed by atoms with Gasteiger partial charge in [-0.15, -0.1) is 0 Å². The average Bonchev–Trinajstić information content (AvgIpc) is 3.45. The first-order chi connectivity index (χ1) is 14.1. The van der Waals surface area contributed by atoms with Gasteiger partial charge in [0.15, 0.2) is 27.8 Å². The van der Waals surface area contributed by atoms with Crippen molar-refractivity contribution in [3.8, 4) is 23.1 Å². The Bertz CT molecular complexity index is 1020. The Labute approximate surface area is 175 Å². The van der Waals surface area contributed by atoms with Crippen LogP contribution >= 0.6 is 15.9 Å². The molecule has 1 amide bonds. The molecular formula is C20H20BrN3O5. The third kappa shape index (κ3) is 4.14. The molecular weight excluding hydrogens is 442 g/mol. The van der Waals surface area contributed by atoms with Crippen molar-refractivity contribution in [2.75, 3.05) is 27.3 Å². The lowest BCUT2D eigenvalue weighted by Crippen LogP contribution is -2.27. The number of halogens is 1. The number of furan rings is 1. The topological polar surface area (TPSA) is 90.8 Å². The Hall–Kier alpha value is -2.81. The SMILES string of the molecule is COc1ccc(CCN2CC(c3noc(-c4ccc(Br)o4)n3)CC2=O)cc1OC. The molecule has 0 aliphatic carbocycles. The number of carbonyl (C=O) groups excluding carboxylic acids is 1. The maximum atomic E-state index is 12.5. The normalized spacial score (nSPS) is 16.4. The van der Waals surface area contributed by atoms with Gasteiger partial charge in [-0.2, -0.15) is 4.98 Å². The minimum atomic E-state index is -0.0937. The van der Waals surface area contributed by atoms with Gasteiger partial charge in [-0.3, -0.25) is 4.79 Å². The van der Waals surface area contributed by atoms with Gasteiger partial charge in [0.25, 0.3) is 5.89 Å². The lowest BCUT2D eigenvalue weighted by atomic mass is 10.1. The molecule has 2 aromatic heterocycles. The molecule has 8 nitrogen and oxygen atoms in total. The number of amides is 1. The summed E-state index contributed by atoms with van der Waals surface area (Å²) in [6.07, 6.45) is 1.09. The van der Waals surface area contributed by atoms with Gasteiger partial charge in [0, 0.05) is 25.4 Å². The molecule has 152 valence electrons. The Kier molecular flexibility index (Phi) is 5.57. The summed E-state index contributed by atoms with van der Waals surface area (Å²) in [7, 11) is 3.21. The lowest BCUT2D eigenvalue weighted by molar-refractivity contribution is -0.127. The summed E-state index contributed by atoms with van der Waals surface area (Å²) in [5.41, 5.74) is 1.07. The van der Waals surface area contributed by atoms with E-state index in [2.05, 4.69) is 26.1 Å². The van der Waals surface area contributed by atoms with Crippen molar-refractivity contribution in [2.24, 2.45) is 0 Å². The number of hydrogen-bond acceptors (Lipinski definition) is 7. The highest BCUT2D eigenvalue weighted by Gasteiger charge is 2.33. The van der Waals surface area contributed by atoms with Crippen LogP contribution in [0.5, 0.6) is 11.5 Å². The van der Waals surface area contributed by atoms with Gasteiger partial charge < -0.3 is 23.3 Å². The van der Waals surface area contributed by atoms with Crippen LogP contribution < -0.4 is 9.47 Å². The molecule has 4 rings (SSSR count). The molecule has 1 aliphatic rings. The van der Waals surface area contributed by atoms with E-state index in [1.807, 2.05) is 23.1 Å². The number of rotatable bonds is 7. The first-order valence-electron chi connectivity index (χ1n) is 9.15. The molecule has 0 spiro atoms. The molecule has 0 radical (unpaired) electrons. The molecule has 1 saturated heterocycles. The molecule has 0 N–H and O–H groups in total. The highest BCUT2D eigenvalue weighted by molar-refractivity contribution is 9.10. The van der Waals surface area contributed by atoms with E-state index in [-0.39, 0.29) is 11.8 Å². The number of carbonyl (C=O) groups is 1. The third-order valence-corrected chi connectivity index (χ3v) is 5.35. The van der Waals surface area contributed by atoms with E-state index in [1.54, 1.807) is 26.4 Å². The average molecular weight is 462 g/mol. The smallest absolute Gasteiger partial charge is 0.293 e. The number of methoxy groups -OCH3 is 2. The minimum absolute atomic E-state index is 0.0857. The Morgan fingerprint density at radius 2 is 2.03 bits per heavy atom. The van der Waals surface area contributed by atoms with Crippen molar-refractivity contribution in [3.63, 3.8) is 0 Å². The fourth-order valence-electron chi connectivity index (χ4n) is 3.39. The van der Waals surface area contributed by atoms with Gasteiger partial charge in [0.2, 0.25) is 5.91 Å². The van der Waals surface area contributed by atoms with Gasteiger partial charge in [-0.1, -0.05) is 11.2 Å². The molecule has 3 heterocycles. The van der Waals surface area contributed by atoms with Crippen LogP contribution in [0, 0.1) is 0 Å². The Morgan fingerprint density at radius 3 is 2.76 bits per heavy atom. The van der Waals surface area contributed by atoms with E-state index in [1.165, 1.54) is 0 Å². The molecule has 0 saturated carbocycles. The molecule has 1 unspecified atom stereocenters. The zero-order chi connectivity index (χ0) is 20.4. The first kappa shape index (κ1) is 19.5. The number of ether oxygens (including phenoxy) is 2. The van der Waals surface area contributed by atoms with Crippen LogP contribution in [0.15, 0.2) is 43.9 Å². The summed E-state index contributed by atoms with van der Waals surface area (Å²) in [5.74, 6) is 2.68. The molecule has 1 atom stereocenters. The molecule has 1 aliphatic heterocycles. The third-order valence-electron chi connectivity index (χ3n) is 4.92. The second-order valence-electron chi connectivity index (χ2n) is 6.74. The molecule has 3 aromatic rings. The molecule has 1 aromatic carbocycles. The predicted octanol–water partition coefficient (Wildman–Crippen LogP) is 3.67. The standard InChI is InChI=1S/C20H20BrN3O5/c1-26-14-4-3-12(9-16(14)27-2)7-8-24-11-13(10-18(24)25)19-22-20(29-23-19)15-5-6-17(21)28-15/h3-6,9,13H,7-8,10-11H2,1-2H3. The number of aromatic nitrogens is 2. The summed E-state index contributed by atoms with van der Waals surface area (Å²) < 4.78 is 21.9. The summed E-state index contributed by atoms with van der Waals surface area (Å²) in [4.78, 5) is 18.7. The van der Waals surface area contributed by atoms with Crippen LogP contribution in [-0.4, -0.2) is 48.3 Å². The van der Waals surface area contributed by atoms with Crippen molar-refractivity contribution in [3.05, 3.63) is 46.4 Å². The van der Waals surface area contributed by atoms with E-state index in [0.29, 0.717) is 53.2 Å². The van der Waals surface area contributed by atoms with E-state index in [9.17, 15) is 4.79 Å². The number of likely N-dealkylation sites (tertiary alicyclic amines) is 1. The van der Waals surface area contributed by atoms with Gasteiger partial charge in [-0.05, 0) is 52.2 Å². The molecule has 29 heavy (non-hydrogen) atoms. The highest BCUT2D eigenvalue weighted by atomic mass is 79.9. The van der Waals surface area contributed by atoms with Crippen molar-refractivity contribution in [1.29, 1.82) is 0 Å². The molecule has 9 heteroatoms. The first-order valence-corrected chi connectivity index (χ1v) is 9.94. The highest BCUT2D eigenvalue weighted by Crippen LogP contribution is 2.31. The maximum absolute atomic E-state index is 12.5. The van der Waals surface area contributed by atoms with Gasteiger partial charge >= 0.3 is 0 Å². The monoisotopic (exact) mass is 461 g/mol. The van der Waals surface area contributed by atoms with Crippen LogP contribution in [0.2, 0.25) is 0 Å². The van der Waals surface area contributed by atoms with Crippen LogP contribution in [0.4, 0.5) is 0 Å². The summed E-state index contributed by atoms with van der Waals surface area (Å²) in [6, 6.07) is 9.29. The van der Waals surface area contributed by atoms with Crippen molar-refractivity contribution < 1.29 is 23.2 Å². The number of hydrogen-bond donors (Lipinski definition) is 0. The summed E-state index contributed by atoms with van der Waals surface area (Å²) in [5, 5.41) is 4.04. The van der Waals surface area contributed by atoms with Crippen molar-refractivity contribution in [2.45, 2.75) is 18.8 Å². The number of nitrogens with zero attached hydrogens (tertiary/aromatic N) is 3. The number of benzene rings is 1. The van der Waals surface area contributed by atoms with E-state index in [0.717, 1.165) is 12.0 Å². The molecule has 1 fully saturated rings. The van der Waals surface area contributed by atoms with E-state index >= 15 is 0 Å². The zero-order valence-corrected chi connectivity index (χ0v) is 17.6. The van der Waals surface area contributed by atoms with Crippen LogP contribution in [0.3, 0.4) is 0 Å². The minimum Gasteiger partial charge on any atom is -0.493 e. The van der Waals surface area contributed by atoms with E-state index in [4.69, 9.17) is 18.4 Å². The van der Waals surface area contributed by atoms with Gasteiger partial charge in [-0.25, -0.2) is 0 Å². The van der Waals surface area contributed by atoms with Crippen LogP contribution in [0.25, 0.3) is 11.7 Å². The predicted molar refractivity (Wildman–Crippen MR) is 107 cm³/mol. The van der Waals surface area contributed by atoms with Crippen LogP contribution in [-0.2, 0) is 11.2 Å². The fraction of sp³-hybridized carbons (Fsp3) is 0.350. The summed E-state index contributed by atoms with van der Waals surface area (Å²) >= 11 is 3.25. The van der Waals surface area contributed by atoms with Crippen molar-refractivity contribution >= 4 is 21.8 Å². The van der Waals surface area contributed by atoms with Gasteiger partial charge in [0.05, 0.1) is 14.2 Å². The Morgan fingerprint density at radius 1 is 1.21 bits per heavy atom. The van der Waals surface area contributed by atoms with Crippen LogP contribution in [0.1, 0.15) is 23.7 Å². The largest absolute Gasteiger partial charge is 0.493 e. The van der Waals surface area contributed by atoms with E-state index < -0.39 is 0 Å². The zero-order valence-electron chi connectivity index (χ0n) is 16.1. The summed E-state index contributed by atoms with van der Waals surface area (Å²) in [6.45, 7) is 1.17. The van der Waals surface area contributed by atoms with Crippen molar-refractivity contribution in [1.82, 2.24) is 15.0 Å². The van der Waals surface area contributed by atoms with Gasteiger partial charge in [0.1, 0.15) is 0 Å².